The minimum absolute atomic E-state index is 0.0665. The van der Waals surface area contributed by atoms with Gasteiger partial charge in [0.2, 0.25) is 35.4 Å². The Morgan fingerprint density at radius 2 is 1.34 bits per heavy atom. The average molecular weight is 939 g/mol. The van der Waals surface area contributed by atoms with E-state index in [2.05, 4.69) is 33.5 Å². The maximum absolute atomic E-state index is 14.0. The molecule has 0 aliphatic carbocycles. The zero-order valence-electron chi connectivity index (χ0n) is 39.8. The summed E-state index contributed by atoms with van der Waals surface area (Å²) in [5.41, 5.74) is 6.77. The number of nitrogens with one attached hydrogen (secondary N) is 5. The highest BCUT2D eigenvalue weighted by atomic mass is 16.3. The average Bonchev–Trinajstić information content (AvgIpc) is 3.29. The Morgan fingerprint density at radius 1 is 0.776 bits per heavy atom. The molecule has 0 spiro atoms. The molecule has 2 aromatic carbocycles. The van der Waals surface area contributed by atoms with Gasteiger partial charge >= 0.3 is 0 Å². The van der Waals surface area contributed by atoms with E-state index in [0.29, 0.717) is 12.0 Å². The molecule has 1 aliphatic heterocycles. The predicted octanol–water partition coefficient (Wildman–Crippen LogP) is 2.12. The van der Waals surface area contributed by atoms with Gasteiger partial charge in [0.1, 0.15) is 35.7 Å². The summed E-state index contributed by atoms with van der Waals surface area (Å²) in [5.74, 6) is -5.87. The molecule has 19 heteroatoms. The topological polar surface area (TPSA) is 293 Å². The second-order valence-corrected chi connectivity index (χ2v) is 17.5. The highest BCUT2D eigenvalue weighted by Crippen LogP contribution is 2.38. The number of likely N-dealkylation sites (N-methyl/N-ethyl adjacent to an activating group) is 2. The van der Waals surface area contributed by atoms with Gasteiger partial charge in [-0.2, -0.15) is 0 Å². The van der Waals surface area contributed by atoms with Gasteiger partial charge in [-0.05, 0) is 55.7 Å². The van der Waals surface area contributed by atoms with Gasteiger partial charge in [0, 0.05) is 44.6 Å². The summed E-state index contributed by atoms with van der Waals surface area (Å²) in [6, 6.07) is 3.12. The fourth-order valence-corrected chi connectivity index (χ4v) is 7.77. The number of aliphatic hydroxyl groups is 2. The number of hydrogen-bond acceptors (Lipinski definition) is 12. The first-order chi connectivity index (χ1) is 31.9. The van der Waals surface area contributed by atoms with Crippen LogP contribution in [0.25, 0.3) is 11.1 Å². The number of unbranched alkanes of at least 4 members (excludes halogenated alkanes) is 12. The van der Waals surface area contributed by atoms with Gasteiger partial charge in [0.15, 0.2) is 6.17 Å². The van der Waals surface area contributed by atoms with Crippen molar-refractivity contribution in [2.75, 3.05) is 33.8 Å². The van der Waals surface area contributed by atoms with Crippen LogP contribution in [0.3, 0.4) is 0 Å². The number of fused-ring (bicyclic) bond motifs is 5. The number of amides is 7. The number of benzene rings is 2. The molecule has 6 atom stereocenters. The van der Waals surface area contributed by atoms with E-state index in [1.165, 1.54) is 116 Å². The Kier molecular flexibility index (Phi) is 23.5. The molecule has 4 bridgehead atoms. The smallest absolute Gasteiger partial charge is 0.257 e. The van der Waals surface area contributed by atoms with E-state index in [4.69, 9.17) is 5.73 Å². The zero-order valence-corrected chi connectivity index (χ0v) is 39.8. The lowest BCUT2D eigenvalue weighted by atomic mass is 9.93. The quantitative estimate of drug-likeness (QED) is 0.0506. The molecule has 2 aromatic rings. The third kappa shape index (κ3) is 17.7. The molecule has 0 aromatic heterocycles. The summed E-state index contributed by atoms with van der Waals surface area (Å²) in [6.07, 6.45) is 12.5. The molecule has 0 unspecified atom stereocenters. The third-order valence-electron chi connectivity index (χ3n) is 11.9. The van der Waals surface area contributed by atoms with E-state index in [0.717, 1.165) is 35.5 Å². The summed E-state index contributed by atoms with van der Waals surface area (Å²) in [6.45, 7) is 3.49. The van der Waals surface area contributed by atoms with Crippen molar-refractivity contribution in [3.63, 3.8) is 0 Å². The van der Waals surface area contributed by atoms with Crippen molar-refractivity contribution in [3.8, 4) is 22.6 Å². The summed E-state index contributed by atoms with van der Waals surface area (Å²) in [7, 11) is 2.64. The number of hydrogen-bond donors (Lipinski definition) is 10. The molecule has 19 nitrogen and oxygen atoms in total. The first kappa shape index (κ1) is 55.5. The number of aliphatic hydroxyl groups excluding tert-OH is 2. The van der Waals surface area contributed by atoms with Gasteiger partial charge in [0.25, 0.3) is 5.91 Å². The summed E-state index contributed by atoms with van der Waals surface area (Å²) >= 11 is 0. The summed E-state index contributed by atoms with van der Waals surface area (Å²) in [4.78, 5) is 95.6. The molecule has 0 radical (unpaired) electrons. The molecule has 1 aliphatic rings. The van der Waals surface area contributed by atoms with Crippen molar-refractivity contribution in [3.05, 3.63) is 47.5 Å². The molecule has 1 heterocycles. The minimum Gasteiger partial charge on any atom is -0.507 e. The zero-order chi connectivity index (χ0) is 49.6. The van der Waals surface area contributed by atoms with Gasteiger partial charge in [-0.3, -0.25) is 33.6 Å². The van der Waals surface area contributed by atoms with Gasteiger partial charge in [0.05, 0.1) is 19.3 Å². The Balaban J connectivity index is 1.64. The van der Waals surface area contributed by atoms with Crippen molar-refractivity contribution >= 4 is 41.4 Å². The Bertz CT molecular complexity index is 1980. The minimum atomic E-state index is -1.71. The van der Waals surface area contributed by atoms with E-state index in [1.54, 1.807) is 0 Å². The van der Waals surface area contributed by atoms with Gasteiger partial charge in [-0.15, -0.1) is 0 Å². The lowest BCUT2D eigenvalue weighted by molar-refractivity contribution is -0.142. The molecule has 11 N–H and O–H groups in total. The van der Waals surface area contributed by atoms with Crippen LogP contribution in [0.2, 0.25) is 0 Å². The number of rotatable bonds is 25. The second kappa shape index (κ2) is 28.4. The SMILES string of the molecule is CCCCCCCCCCCCCCCC(=O)N(C)[C@H](CO)C(=O)N[C@H](N)C(=O)NCC(=O)N(C)[C@@H]1C(=O)N[C@@H](C)C(=O)N[C@H](C(=O)NC[C@@H](C)O)Cc2ccc(O)c(c2)-c2cc1ccc2O. The molecule has 3 rings (SSSR count). The lowest BCUT2D eigenvalue weighted by Gasteiger charge is -2.30. The number of nitrogens with zero attached hydrogens (tertiary/aromatic N) is 2. The van der Waals surface area contributed by atoms with Crippen LogP contribution in [0.5, 0.6) is 11.5 Å². The van der Waals surface area contributed by atoms with Crippen molar-refractivity contribution in [2.45, 2.75) is 154 Å². The van der Waals surface area contributed by atoms with Crippen molar-refractivity contribution < 1.29 is 54.0 Å². The van der Waals surface area contributed by atoms with E-state index in [-0.39, 0.29) is 53.5 Å². The third-order valence-corrected chi connectivity index (χ3v) is 11.9. The van der Waals surface area contributed by atoms with Crippen LogP contribution in [0, 0.1) is 0 Å². The maximum atomic E-state index is 14.0. The molecule has 67 heavy (non-hydrogen) atoms. The fourth-order valence-electron chi connectivity index (χ4n) is 7.77. The number of phenolic OH excluding ortho intramolecular Hbond substituents is 2. The van der Waals surface area contributed by atoms with Crippen molar-refractivity contribution in [1.29, 1.82) is 0 Å². The Labute approximate surface area is 394 Å². The molecule has 0 saturated heterocycles. The van der Waals surface area contributed by atoms with Crippen LogP contribution < -0.4 is 32.3 Å². The highest BCUT2D eigenvalue weighted by Gasteiger charge is 2.34. The van der Waals surface area contributed by atoms with Crippen LogP contribution in [0.4, 0.5) is 0 Å². The van der Waals surface area contributed by atoms with E-state index >= 15 is 0 Å². The van der Waals surface area contributed by atoms with Gasteiger partial charge in [-0.1, -0.05) is 96.1 Å². The van der Waals surface area contributed by atoms with E-state index in [1.807, 2.05) is 0 Å². The Hall–Kier alpha value is -5.79. The molecule has 7 amide bonds. The molecule has 0 fully saturated rings. The monoisotopic (exact) mass is 939 g/mol. The van der Waals surface area contributed by atoms with Crippen LogP contribution in [0.1, 0.15) is 128 Å². The van der Waals surface area contributed by atoms with Crippen LogP contribution in [-0.2, 0) is 40.0 Å². The van der Waals surface area contributed by atoms with Gasteiger partial charge in [-0.25, -0.2) is 0 Å². The predicted molar refractivity (Wildman–Crippen MR) is 252 cm³/mol. The number of nitrogens with two attached hydrogens (primary N) is 1. The van der Waals surface area contributed by atoms with E-state index in [9.17, 15) is 54.0 Å². The van der Waals surface area contributed by atoms with E-state index < -0.39 is 85.0 Å². The van der Waals surface area contributed by atoms with Crippen LogP contribution >= 0.6 is 0 Å². The molecular formula is C48H74N8O11. The first-order valence-electron chi connectivity index (χ1n) is 23.6. The number of phenols is 2. The molecule has 372 valence electrons. The Morgan fingerprint density at radius 3 is 1.93 bits per heavy atom. The lowest BCUT2D eigenvalue weighted by Crippen LogP contribution is -2.59. The highest BCUT2D eigenvalue weighted by molar-refractivity contribution is 5.96. The van der Waals surface area contributed by atoms with Crippen molar-refractivity contribution in [2.24, 2.45) is 5.73 Å². The fraction of sp³-hybridized carbons (Fsp3) is 0.604. The normalized spacial score (nSPS) is 17.4. The first-order valence-corrected chi connectivity index (χ1v) is 23.6. The standard InChI is InChI=1S/C48H74N8O11/c1-6-7-8-9-10-11-12-13-14-15-16-17-18-19-40(61)55(4)37(29-57)46(65)54-43(49)48(67)51-28-41(62)56(5)42-33-21-23-39(60)35(26-33)34-24-32(20-22-38(34)59)25-36(45(64)50-27-30(2)58)53-44(63)31(3)52-47(42)66/h20-24,26,30-31,36-37,42-43,57-60H,6-19,25,27-29,49H2,1-5H3,(H,50,64)(H,51,67)(H,52,66)(H,53,63)(H,54,65)/t30-,31+,36+,37-,42+,43+/m1/s1. The number of aromatic hydroxyl groups is 2. The molecular weight excluding hydrogens is 865 g/mol. The number of carbonyl (C=O) groups is 7. The summed E-state index contributed by atoms with van der Waals surface area (Å²) < 4.78 is 0. The maximum Gasteiger partial charge on any atom is 0.257 e. The number of carbonyl (C=O) groups excluding carboxylic acids is 7. The second-order valence-electron chi connectivity index (χ2n) is 17.5. The van der Waals surface area contributed by atoms with Gasteiger partial charge < -0.3 is 62.5 Å². The molecule has 0 saturated carbocycles. The van der Waals surface area contributed by atoms with Crippen LogP contribution in [-0.4, -0.2) is 136 Å². The van der Waals surface area contributed by atoms with Crippen LogP contribution in [0.15, 0.2) is 36.4 Å². The summed E-state index contributed by atoms with van der Waals surface area (Å²) in [5, 5.41) is 54.0. The van der Waals surface area contributed by atoms with Crippen molar-refractivity contribution in [1.82, 2.24) is 36.4 Å². The largest absolute Gasteiger partial charge is 0.507 e.